The first-order valence-corrected chi connectivity index (χ1v) is 4.94. The molecule has 0 aromatic heterocycles. The van der Waals surface area contributed by atoms with Crippen LogP contribution in [0, 0.1) is 0 Å². The Balaban J connectivity index is 4.48. The first-order valence-electron chi connectivity index (χ1n) is 4.94. The maximum atomic E-state index is 10.9. The van der Waals surface area contributed by atoms with E-state index in [9.17, 15) is 19.8 Å². The smallest absolute Gasteiger partial charge is 0.328 e. The van der Waals surface area contributed by atoms with Crippen LogP contribution in [0.25, 0.3) is 0 Å². The van der Waals surface area contributed by atoms with Crippen molar-refractivity contribution in [2.75, 3.05) is 0 Å². The van der Waals surface area contributed by atoms with Crippen LogP contribution in [0.4, 0.5) is 0 Å². The molecule has 0 aliphatic carbocycles. The fourth-order valence-corrected chi connectivity index (χ4v) is 0.742. The molecule has 0 saturated carbocycles. The van der Waals surface area contributed by atoms with Crippen LogP contribution in [0.2, 0.25) is 0 Å². The van der Waals surface area contributed by atoms with Crippen LogP contribution in [0.15, 0.2) is 11.7 Å². The number of aliphatic hydroxyl groups is 2. The van der Waals surface area contributed by atoms with Gasteiger partial charge < -0.3 is 19.7 Å². The minimum atomic E-state index is -1.06. The van der Waals surface area contributed by atoms with Gasteiger partial charge in [0.15, 0.2) is 6.10 Å². The fourth-order valence-electron chi connectivity index (χ4n) is 0.742. The molecule has 0 saturated heterocycles. The summed E-state index contributed by atoms with van der Waals surface area (Å²) in [5.74, 6) is -2.86. The van der Waals surface area contributed by atoms with Crippen molar-refractivity contribution in [3.05, 3.63) is 11.7 Å². The molecule has 0 spiro atoms. The molecule has 0 fully saturated rings. The maximum absolute atomic E-state index is 10.9. The molecule has 0 bridgehead atoms. The highest BCUT2D eigenvalue weighted by Crippen LogP contribution is 2.10. The second kappa shape index (κ2) is 6.71. The zero-order valence-electron chi connectivity index (χ0n) is 9.52. The molecule has 1 unspecified atom stereocenters. The van der Waals surface area contributed by atoms with E-state index in [4.69, 9.17) is 4.74 Å². The van der Waals surface area contributed by atoms with Gasteiger partial charge in [0.05, 0.1) is 0 Å². The zero-order valence-corrected chi connectivity index (χ0v) is 9.52. The van der Waals surface area contributed by atoms with Gasteiger partial charge in [-0.25, -0.2) is 0 Å². The molecule has 92 valence electrons. The zero-order chi connectivity index (χ0) is 12.7. The fraction of sp³-hybridized carbons (Fsp3) is 0.600. The lowest BCUT2D eigenvalue weighted by Crippen LogP contribution is -2.19. The average molecular weight is 232 g/mol. The van der Waals surface area contributed by atoms with E-state index in [0.29, 0.717) is 0 Å². The highest BCUT2D eigenvalue weighted by molar-refractivity contribution is 5.70. The van der Waals surface area contributed by atoms with Crippen LogP contribution in [0.5, 0.6) is 0 Å². The number of hydrogen-bond donors (Lipinski definition) is 2. The maximum Gasteiger partial charge on any atom is 0.328 e. The van der Waals surface area contributed by atoms with Crippen molar-refractivity contribution in [3.8, 4) is 0 Å². The van der Waals surface area contributed by atoms with Gasteiger partial charge in [-0.1, -0.05) is 13.8 Å². The molecule has 6 nitrogen and oxygen atoms in total. The Labute approximate surface area is 93.5 Å². The van der Waals surface area contributed by atoms with E-state index in [-0.39, 0.29) is 12.8 Å². The quantitative estimate of drug-likeness (QED) is 0.552. The minimum absolute atomic E-state index is 0.0560. The Morgan fingerprint density at radius 2 is 1.62 bits per heavy atom. The van der Waals surface area contributed by atoms with Crippen molar-refractivity contribution >= 4 is 11.9 Å². The van der Waals surface area contributed by atoms with Gasteiger partial charge in [-0.2, -0.15) is 0 Å². The van der Waals surface area contributed by atoms with Gasteiger partial charge >= 0.3 is 17.9 Å². The Bertz CT molecular complexity index is 294. The molecule has 16 heavy (non-hydrogen) atoms. The van der Waals surface area contributed by atoms with Crippen LogP contribution >= 0.6 is 0 Å². The van der Waals surface area contributed by atoms with Crippen molar-refractivity contribution in [3.63, 3.8) is 0 Å². The summed E-state index contributed by atoms with van der Waals surface area (Å²) < 4.78 is 9.05. The topological polar surface area (TPSA) is 93.1 Å². The van der Waals surface area contributed by atoms with Gasteiger partial charge in [0.2, 0.25) is 5.76 Å². The lowest BCUT2D eigenvalue weighted by atomic mass is 10.3. The molecule has 2 N–H and O–H groups in total. The highest BCUT2D eigenvalue weighted by Gasteiger charge is 2.19. The molecule has 0 rings (SSSR count). The first-order chi connectivity index (χ1) is 7.42. The van der Waals surface area contributed by atoms with Crippen molar-refractivity contribution in [1.29, 1.82) is 0 Å². The Kier molecular flexibility index (Phi) is 5.99. The second-order valence-corrected chi connectivity index (χ2v) is 3.00. The highest BCUT2D eigenvalue weighted by atomic mass is 16.6. The monoisotopic (exact) mass is 232 g/mol. The molecule has 0 heterocycles. The molecule has 0 aromatic rings. The summed E-state index contributed by atoms with van der Waals surface area (Å²) in [4.78, 5) is 21.7. The van der Waals surface area contributed by atoms with E-state index in [1.807, 2.05) is 0 Å². The molecular formula is C10H16O6. The standard InChI is InChI=1S/C10H16O6/c1-4-7(11)15-6(3)9(13)10(14)16-8(12)5-2/h6,13-14H,4-5H2,1-3H3/b10-9+. The SMILES string of the molecule is CCC(=O)O/C(O)=C(/O)C(C)OC(=O)CC. The molecule has 0 aromatic carbocycles. The second-order valence-electron chi connectivity index (χ2n) is 3.00. The molecular weight excluding hydrogens is 216 g/mol. The van der Waals surface area contributed by atoms with Crippen LogP contribution in [0.3, 0.4) is 0 Å². The van der Waals surface area contributed by atoms with Crippen LogP contribution < -0.4 is 0 Å². The number of hydrogen-bond acceptors (Lipinski definition) is 6. The van der Waals surface area contributed by atoms with Crippen molar-refractivity contribution < 1.29 is 29.3 Å². The number of carbonyl (C=O) groups excluding carboxylic acids is 2. The number of aliphatic hydroxyl groups excluding tert-OH is 2. The molecule has 0 radical (unpaired) electrons. The molecule has 0 aliphatic heterocycles. The van der Waals surface area contributed by atoms with E-state index < -0.39 is 29.7 Å². The van der Waals surface area contributed by atoms with E-state index in [0.717, 1.165) is 0 Å². The van der Waals surface area contributed by atoms with E-state index in [1.54, 1.807) is 6.92 Å². The molecule has 0 amide bonds. The molecule has 1 atom stereocenters. The van der Waals surface area contributed by atoms with E-state index >= 15 is 0 Å². The first kappa shape index (κ1) is 14.3. The van der Waals surface area contributed by atoms with E-state index in [2.05, 4.69) is 4.74 Å². The average Bonchev–Trinajstić information content (AvgIpc) is 2.27. The van der Waals surface area contributed by atoms with Crippen LogP contribution in [-0.2, 0) is 19.1 Å². The number of carbonyl (C=O) groups is 2. The molecule has 0 aliphatic rings. The Morgan fingerprint density at radius 3 is 2.06 bits per heavy atom. The van der Waals surface area contributed by atoms with E-state index in [1.165, 1.54) is 13.8 Å². The summed E-state index contributed by atoms with van der Waals surface area (Å²) in [6.45, 7) is 4.47. The van der Waals surface area contributed by atoms with Crippen LogP contribution in [0.1, 0.15) is 33.6 Å². The van der Waals surface area contributed by atoms with Crippen molar-refractivity contribution in [2.24, 2.45) is 0 Å². The van der Waals surface area contributed by atoms with Gasteiger partial charge in [0.25, 0.3) is 0 Å². The minimum Gasteiger partial charge on any atom is -0.503 e. The summed E-state index contributed by atoms with van der Waals surface area (Å²) >= 11 is 0. The van der Waals surface area contributed by atoms with Gasteiger partial charge in [0, 0.05) is 12.8 Å². The number of rotatable bonds is 5. The Morgan fingerprint density at radius 1 is 1.12 bits per heavy atom. The summed E-state index contributed by atoms with van der Waals surface area (Å²) in [5, 5.41) is 18.5. The third-order valence-corrected chi connectivity index (χ3v) is 1.70. The predicted molar refractivity (Wildman–Crippen MR) is 54.5 cm³/mol. The third kappa shape index (κ3) is 4.68. The van der Waals surface area contributed by atoms with Crippen LogP contribution in [-0.4, -0.2) is 28.3 Å². The lowest BCUT2D eigenvalue weighted by Gasteiger charge is -2.12. The largest absolute Gasteiger partial charge is 0.503 e. The van der Waals surface area contributed by atoms with Gasteiger partial charge in [-0.05, 0) is 6.92 Å². The summed E-state index contributed by atoms with van der Waals surface area (Å²) in [5.41, 5.74) is 0. The lowest BCUT2D eigenvalue weighted by molar-refractivity contribution is -0.148. The predicted octanol–water partition coefficient (Wildman–Crippen LogP) is 1.57. The normalized spacial score (nSPS) is 13.7. The third-order valence-electron chi connectivity index (χ3n) is 1.70. The van der Waals surface area contributed by atoms with Gasteiger partial charge in [-0.3, -0.25) is 9.59 Å². The summed E-state index contributed by atoms with van der Waals surface area (Å²) in [7, 11) is 0. The number of ether oxygens (including phenoxy) is 2. The van der Waals surface area contributed by atoms with Crippen molar-refractivity contribution in [2.45, 2.75) is 39.7 Å². The van der Waals surface area contributed by atoms with Gasteiger partial charge in [0.1, 0.15) is 0 Å². The summed E-state index contributed by atoms with van der Waals surface area (Å²) in [6, 6.07) is 0. The Hall–Kier alpha value is -1.72. The number of esters is 2. The van der Waals surface area contributed by atoms with Gasteiger partial charge in [-0.15, -0.1) is 0 Å². The van der Waals surface area contributed by atoms with Crippen molar-refractivity contribution in [1.82, 2.24) is 0 Å². The summed E-state index contributed by atoms with van der Waals surface area (Å²) in [6.07, 6.45) is -0.856. The molecule has 6 heteroatoms.